The molecule has 7 nitrogen and oxygen atoms in total. The normalized spacial score (nSPS) is 18.6. The van der Waals surface area contributed by atoms with Gasteiger partial charge < -0.3 is 25.0 Å². The van der Waals surface area contributed by atoms with E-state index in [1.54, 1.807) is 7.05 Å². The van der Waals surface area contributed by atoms with Crippen LogP contribution in [0, 0.1) is 5.92 Å². The number of likely N-dealkylation sites (tertiary alicyclic amines) is 1. The zero-order chi connectivity index (χ0) is 19.4. The van der Waals surface area contributed by atoms with Gasteiger partial charge >= 0.3 is 6.09 Å². The van der Waals surface area contributed by atoms with Crippen LogP contribution in [0.5, 0.6) is 0 Å². The Hall–Kier alpha value is -1.50. The maximum Gasteiger partial charge on any atom is 0.410 e. The Kier molecular flexibility index (Phi) is 10.4. The first-order chi connectivity index (χ1) is 12.4. The fourth-order valence-corrected chi connectivity index (χ4v) is 2.93. The number of amides is 1. The Morgan fingerprint density at radius 1 is 1.27 bits per heavy atom. The topological polar surface area (TPSA) is 75.2 Å². The van der Waals surface area contributed by atoms with Gasteiger partial charge in [0.05, 0.1) is 0 Å². The molecule has 152 valence electrons. The summed E-state index contributed by atoms with van der Waals surface area (Å²) >= 11 is 0. The molecule has 0 saturated carbocycles. The van der Waals surface area contributed by atoms with Gasteiger partial charge in [-0.1, -0.05) is 0 Å². The lowest BCUT2D eigenvalue weighted by Gasteiger charge is -2.34. The molecule has 0 aromatic carbocycles. The molecule has 1 fully saturated rings. The minimum absolute atomic E-state index is 0.193. The Balaban J connectivity index is 2.26. The van der Waals surface area contributed by atoms with Gasteiger partial charge in [0.15, 0.2) is 5.96 Å². The first kappa shape index (κ1) is 22.5. The molecule has 0 bridgehead atoms. The van der Waals surface area contributed by atoms with E-state index in [2.05, 4.69) is 15.6 Å². The summed E-state index contributed by atoms with van der Waals surface area (Å²) < 4.78 is 10.8. The fourth-order valence-electron chi connectivity index (χ4n) is 2.93. The van der Waals surface area contributed by atoms with Crippen molar-refractivity contribution in [2.24, 2.45) is 10.9 Å². The predicted molar refractivity (Wildman–Crippen MR) is 106 cm³/mol. The number of hydrogen-bond acceptors (Lipinski definition) is 4. The van der Waals surface area contributed by atoms with Gasteiger partial charge in [-0.3, -0.25) is 4.99 Å². The SMILES string of the molecule is CCOCCCNC(=NC)NCCC1CCCN(C(=O)OC(C)(C)C)C1. The molecule has 1 aliphatic heterocycles. The summed E-state index contributed by atoms with van der Waals surface area (Å²) in [5.41, 5.74) is -0.439. The van der Waals surface area contributed by atoms with Gasteiger partial charge in [0, 0.05) is 46.4 Å². The summed E-state index contributed by atoms with van der Waals surface area (Å²) in [4.78, 5) is 18.3. The van der Waals surface area contributed by atoms with Crippen molar-refractivity contribution in [2.45, 2.75) is 59.0 Å². The zero-order valence-corrected chi connectivity index (χ0v) is 17.3. The second kappa shape index (κ2) is 12.0. The maximum atomic E-state index is 12.2. The highest BCUT2D eigenvalue weighted by Crippen LogP contribution is 2.21. The molecule has 1 atom stereocenters. The second-order valence-corrected chi connectivity index (χ2v) is 7.70. The van der Waals surface area contributed by atoms with Gasteiger partial charge in [0.25, 0.3) is 0 Å². The van der Waals surface area contributed by atoms with E-state index in [4.69, 9.17) is 9.47 Å². The van der Waals surface area contributed by atoms with Gasteiger partial charge in [-0.15, -0.1) is 0 Å². The van der Waals surface area contributed by atoms with Crippen LogP contribution in [0.2, 0.25) is 0 Å². The molecular weight excluding hydrogens is 332 g/mol. The van der Waals surface area contributed by atoms with Crippen molar-refractivity contribution in [3.63, 3.8) is 0 Å². The van der Waals surface area contributed by atoms with Crippen LogP contribution in [-0.2, 0) is 9.47 Å². The van der Waals surface area contributed by atoms with Crippen molar-refractivity contribution in [1.82, 2.24) is 15.5 Å². The summed E-state index contributed by atoms with van der Waals surface area (Å²) in [5.74, 6) is 1.32. The Morgan fingerprint density at radius 3 is 2.65 bits per heavy atom. The third-order valence-electron chi connectivity index (χ3n) is 4.20. The largest absolute Gasteiger partial charge is 0.444 e. The Labute approximate surface area is 158 Å². The lowest BCUT2D eigenvalue weighted by molar-refractivity contribution is 0.0162. The van der Waals surface area contributed by atoms with Crippen molar-refractivity contribution >= 4 is 12.1 Å². The van der Waals surface area contributed by atoms with E-state index in [-0.39, 0.29) is 6.09 Å². The average Bonchev–Trinajstić information content (AvgIpc) is 2.59. The van der Waals surface area contributed by atoms with Crippen LogP contribution in [0.15, 0.2) is 4.99 Å². The number of piperidine rings is 1. The minimum atomic E-state index is -0.439. The van der Waals surface area contributed by atoms with E-state index in [1.807, 2.05) is 32.6 Å². The summed E-state index contributed by atoms with van der Waals surface area (Å²) in [7, 11) is 1.78. The first-order valence-corrected chi connectivity index (χ1v) is 9.86. The van der Waals surface area contributed by atoms with Crippen LogP contribution in [0.1, 0.15) is 53.4 Å². The van der Waals surface area contributed by atoms with E-state index in [1.165, 1.54) is 0 Å². The first-order valence-electron chi connectivity index (χ1n) is 9.86. The molecule has 1 aliphatic rings. The van der Waals surface area contributed by atoms with Crippen LogP contribution < -0.4 is 10.6 Å². The molecule has 26 heavy (non-hydrogen) atoms. The molecule has 1 saturated heterocycles. The van der Waals surface area contributed by atoms with E-state index in [0.717, 1.165) is 71.0 Å². The Bertz CT molecular complexity index is 435. The average molecular weight is 371 g/mol. The van der Waals surface area contributed by atoms with Gasteiger partial charge in [-0.05, 0) is 59.3 Å². The fraction of sp³-hybridized carbons (Fsp3) is 0.895. The third kappa shape index (κ3) is 9.85. The lowest BCUT2D eigenvalue weighted by atomic mass is 9.95. The van der Waals surface area contributed by atoms with Gasteiger partial charge in [-0.25, -0.2) is 4.79 Å². The number of carbonyl (C=O) groups is 1. The van der Waals surface area contributed by atoms with Crippen LogP contribution in [0.3, 0.4) is 0 Å². The number of rotatable bonds is 8. The monoisotopic (exact) mass is 370 g/mol. The summed E-state index contributed by atoms with van der Waals surface area (Å²) in [6.07, 6.45) is 3.97. The van der Waals surface area contributed by atoms with Gasteiger partial charge in [-0.2, -0.15) is 0 Å². The van der Waals surface area contributed by atoms with Crippen LogP contribution in [-0.4, -0.2) is 69.0 Å². The number of ether oxygens (including phenoxy) is 2. The quantitative estimate of drug-likeness (QED) is 0.390. The molecule has 1 heterocycles. The predicted octanol–water partition coefficient (Wildman–Crippen LogP) is 2.62. The molecule has 1 amide bonds. The highest BCUT2D eigenvalue weighted by Gasteiger charge is 2.27. The van der Waals surface area contributed by atoms with Crippen LogP contribution >= 0.6 is 0 Å². The number of nitrogens with zero attached hydrogens (tertiary/aromatic N) is 2. The van der Waals surface area contributed by atoms with E-state index in [9.17, 15) is 4.79 Å². The van der Waals surface area contributed by atoms with Crippen molar-refractivity contribution in [3.05, 3.63) is 0 Å². The molecule has 0 aromatic heterocycles. The molecule has 1 unspecified atom stereocenters. The van der Waals surface area contributed by atoms with Crippen LogP contribution in [0.4, 0.5) is 4.79 Å². The minimum Gasteiger partial charge on any atom is -0.444 e. The van der Waals surface area contributed by atoms with Crippen molar-refractivity contribution in [3.8, 4) is 0 Å². The molecule has 7 heteroatoms. The highest BCUT2D eigenvalue weighted by molar-refractivity contribution is 5.79. The maximum absolute atomic E-state index is 12.2. The molecule has 2 N–H and O–H groups in total. The lowest BCUT2D eigenvalue weighted by Crippen LogP contribution is -2.44. The summed E-state index contributed by atoms with van der Waals surface area (Å²) in [5, 5.41) is 6.65. The number of aliphatic imine (C=N–C) groups is 1. The molecule has 0 aromatic rings. The molecule has 1 rings (SSSR count). The van der Waals surface area contributed by atoms with Crippen molar-refractivity contribution < 1.29 is 14.3 Å². The summed E-state index contributed by atoms with van der Waals surface area (Å²) in [6.45, 7) is 12.5. The zero-order valence-electron chi connectivity index (χ0n) is 17.3. The number of nitrogens with one attached hydrogen (secondary N) is 2. The third-order valence-corrected chi connectivity index (χ3v) is 4.20. The smallest absolute Gasteiger partial charge is 0.410 e. The number of guanidine groups is 1. The van der Waals surface area contributed by atoms with E-state index < -0.39 is 5.60 Å². The number of hydrogen-bond donors (Lipinski definition) is 2. The van der Waals surface area contributed by atoms with Crippen molar-refractivity contribution in [1.29, 1.82) is 0 Å². The molecule has 0 aliphatic carbocycles. The molecule has 0 spiro atoms. The van der Waals surface area contributed by atoms with Crippen LogP contribution in [0.25, 0.3) is 0 Å². The second-order valence-electron chi connectivity index (χ2n) is 7.70. The number of carbonyl (C=O) groups excluding carboxylic acids is 1. The van der Waals surface area contributed by atoms with E-state index >= 15 is 0 Å². The van der Waals surface area contributed by atoms with Gasteiger partial charge in [0.1, 0.15) is 5.60 Å². The summed E-state index contributed by atoms with van der Waals surface area (Å²) in [6, 6.07) is 0. The van der Waals surface area contributed by atoms with Crippen molar-refractivity contribution in [2.75, 3.05) is 46.4 Å². The van der Waals surface area contributed by atoms with E-state index in [0.29, 0.717) is 5.92 Å². The molecular formula is C19H38N4O3. The highest BCUT2D eigenvalue weighted by atomic mass is 16.6. The van der Waals surface area contributed by atoms with Gasteiger partial charge in [0.2, 0.25) is 0 Å². The molecule has 0 radical (unpaired) electrons. The Morgan fingerprint density at radius 2 is 2.00 bits per heavy atom. The standard InChI is InChI=1S/C19H38N4O3/c1-6-25-14-8-11-21-17(20-5)22-12-10-16-9-7-13-23(15-16)18(24)26-19(2,3)4/h16H,6-15H2,1-5H3,(H2,20,21,22).